The van der Waals surface area contributed by atoms with E-state index in [4.69, 9.17) is 0 Å². The molecule has 3 heteroatoms. The zero-order chi connectivity index (χ0) is 18.6. The maximum absolute atomic E-state index is 13.3. The molecule has 0 N–H and O–H groups in total. The zero-order valence-electron chi connectivity index (χ0n) is 15.1. The Morgan fingerprint density at radius 3 is 2.11 bits per heavy atom. The Hall–Kier alpha value is -2.94. The third kappa shape index (κ3) is 3.63. The lowest BCUT2D eigenvalue weighted by Crippen LogP contribution is -2.55. The molecule has 0 saturated carbocycles. The van der Waals surface area contributed by atoms with Gasteiger partial charge in [0.25, 0.3) is 0 Å². The number of β-lactam (4-membered cyclic amide) rings is 1. The summed E-state index contributed by atoms with van der Waals surface area (Å²) in [4.78, 5) is 14.7. The van der Waals surface area contributed by atoms with Crippen LogP contribution in [0.15, 0.2) is 84.9 Å². The van der Waals surface area contributed by atoms with Gasteiger partial charge in [0, 0.05) is 5.69 Å². The van der Waals surface area contributed by atoms with Crippen molar-refractivity contribution < 1.29 is 9.18 Å². The first-order valence-corrected chi connectivity index (χ1v) is 9.41. The van der Waals surface area contributed by atoms with Crippen molar-refractivity contribution in [3.05, 3.63) is 102 Å². The maximum atomic E-state index is 13.3. The summed E-state index contributed by atoms with van der Waals surface area (Å²) in [7, 11) is 0. The van der Waals surface area contributed by atoms with Gasteiger partial charge in [-0.3, -0.25) is 4.79 Å². The second-order valence-electron chi connectivity index (χ2n) is 7.02. The largest absolute Gasteiger partial charge is 0.304 e. The number of benzene rings is 3. The van der Waals surface area contributed by atoms with Crippen LogP contribution in [0.4, 0.5) is 10.1 Å². The second-order valence-corrected chi connectivity index (χ2v) is 7.02. The topological polar surface area (TPSA) is 20.3 Å². The van der Waals surface area contributed by atoms with Crippen LogP contribution in [0.25, 0.3) is 0 Å². The lowest BCUT2D eigenvalue weighted by atomic mass is 9.78. The van der Waals surface area contributed by atoms with Gasteiger partial charge < -0.3 is 4.90 Å². The van der Waals surface area contributed by atoms with Gasteiger partial charge in [-0.15, -0.1) is 0 Å². The van der Waals surface area contributed by atoms with Crippen LogP contribution < -0.4 is 4.90 Å². The number of carbonyl (C=O) groups is 1. The molecule has 3 aromatic rings. The standard InChI is InChI=1S/C24H22FNO/c25-20-14-16-21(17-15-20)26-23(19-11-5-2-6-12-19)22(24(26)27)13-7-10-18-8-3-1-4-9-18/h1-6,8-9,11-12,14-17,22-23H,7,10,13H2. The van der Waals surface area contributed by atoms with E-state index in [2.05, 4.69) is 24.3 Å². The van der Waals surface area contributed by atoms with Crippen LogP contribution >= 0.6 is 0 Å². The van der Waals surface area contributed by atoms with Crippen LogP contribution in [0.2, 0.25) is 0 Å². The van der Waals surface area contributed by atoms with Gasteiger partial charge in [0.2, 0.25) is 5.91 Å². The Bertz CT molecular complexity index is 893. The summed E-state index contributed by atoms with van der Waals surface area (Å²) in [6, 6.07) is 26.7. The highest BCUT2D eigenvalue weighted by atomic mass is 19.1. The highest BCUT2D eigenvalue weighted by molar-refractivity contribution is 6.03. The van der Waals surface area contributed by atoms with Crippen LogP contribution in [0.1, 0.15) is 30.0 Å². The second kappa shape index (κ2) is 7.75. The quantitative estimate of drug-likeness (QED) is 0.528. The number of hydrogen-bond acceptors (Lipinski definition) is 1. The number of hydrogen-bond donors (Lipinski definition) is 0. The molecule has 1 aliphatic rings. The van der Waals surface area contributed by atoms with E-state index in [1.165, 1.54) is 17.7 Å². The van der Waals surface area contributed by atoms with Gasteiger partial charge >= 0.3 is 0 Å². The molecule has 2 atom stereocenters. The molecule has 4 rings (SSSR count). The first-order valence-electron chi connectivity index (χ1n) is 9.41. The van der Waals surface area contributed by atoms with Crippen LogP contribution in [-0.4, -0.2) is 5.91 Å². The van der Waals surface area contributed by atoms with Gasteiger partial charge in [-0.2, -0.15) is 0 Å². The molecule has 0 aromatic heterocycles. The van der Waals surface area contributed by atoms with Crippen LogP contribution in [0.5, 0.6) is 0 Å². The Labute approximate surface area is 159 Å². The lowest BCUT2D eigenvalue weighted by Gasteiger charge is -2.47. The molecular weight excluding hydrogens is 337 g/mol. The predicted octanol–water partition coefficient (Wildman–Crippen LogP) is 5.55. The van der Waals surface area contributed by atoms with E-state index in [1.807, 2.05) is 41.3 Å². The van der Waals surface area contributed by atoms with Crippen LogP contribution in [0, 0.1) is 11.7 Å². The Morgan fingerprint density at radius 2 is 1.44 bits per heavy atom. The van der Waals surface area contributed by atoms with E-state index in [0.29, 0.717) is 0 Å². The highest BCUT2D eigenvalue weighted by Crippen LogP contribution is 2.45. The molecular formula is C24H22FNO. The summed E-state index contributed by atoms with van der Waals surface area (Å²) in [5.41, 5.74) is 3.19. The van der Waals surface area contributed by atoms with Crippen molar-refractivity contribution in [1.29, 1.82) is 0 Å². The van der Waals surface area contributed by atoms with Gasteiger partial charge in [-0.25, -0.2) is 4.39 Å². The fourth-order valence-corrected chi connectivity index (χ4v) is 3.92. The number of rotatable bonds is 6. The summed E-state index contributed by atoms with van der Waals surface area (Å²) in [5, 5.41) is 0. The Kier molecular flexibility index (Phi) is 5.01. The normalized spacial score (nSPS) is 19.0. The first kappa shape index (κ1) is 17.5. The zero-order valence-corrected chi connectivity index (χ0v) is 15.1. The Balaban J connectivity index is 1.52. The van der Waals surface area contributed by atoms with Crippen molar-refractivity contribution in [3.8, 4) is 0 Å². The third-order valence-corrected chi connectivity index (χ3v) is 5.28. The number of carbonyl (C=O) groups excluding carboxylic acids is 1. The van der Waals surface area contributed by atoms with Gasteiger partial charge in [0.15, 0.2) is 0 Å². The van der Waals surface area contributed by atoms with Gasteiger partial charge in [0.1, 0.15) is 5.82 Å². The monoisotopic (exact) mass is 359 g/mol. The summed E-state index contributed by atoms with van der Waals surface area (Å²) in [6.07, 6.45) is 2.80. The fourth-order valence-electron chi connectivity index (χ4n) is 3.92. The average molecular weight is 359 g/mol. The first-order chi connectivity index (χ1) is 13.2. The molecule has 3 aromatic carbocycles. The van der Waals surface area contributed by atoms with E-state index in [9.17, 15) is 9.18 Å². The molecule has 27 heavy (non-hydrogen) atoms. The van der Waals surface area contributed by atoms with Crippen molar-refractivity contribution in [1.82, 2.24) is 0 Å². The molecule has 2 nitrogen and oxygen atoms in total. The number of halogens is 1. The number of nitrogens with zero attached hydrogens (tertiary/aromatic N) is 1. The SMILES string of the molecule is O=C1C(CCCc2ccccc2)C(c2ccccc2)N1c1ccc(F)cc1. The van der Waals surface area contributed by atoms with E-state index < -0.39 is 0 Å². The molecule has 0 bridgehead atoms. The molecule has 1 amide bonds. The molecule has 0 aliphatic carbocycles. The lowest BCUT2D eigenvalue weighted by molar-refractivity contribution is -0.130. The van der Waals surface area contributed by atoms with E-state index >= 15 is 0 Å². The van der Waals surface area contributed by atoms with Gasteiger partial charge in [-0.05, 0) is 54.7 Å². The summed E-state index contributed by atoms with van der Waals surface area (Å²) >= 11 is 0. The average Bonchev–Trinajstić information content (AvgIpc) is 2.72. The van der Waals surface area contributed by atoms with Crippen LogP contribution in [0.3, 0.4) is 0 Å². The highest BCUT2D eigenvalue weighted by Gasteiger charge is 2.48. The molecule has 1 heterocycles. The van der Waals surface area contributed by atoms with Crippen molar-refractivity contribution in [2.45, 2.75) is 25.3 Å². The molecule has 0 radical (unpaired) electrons. The van der Waals surface area contributed by atoms with Crippen molar-refractivity contribution in [2.24, 2.45) is 5.92 Å². The van der Waals surface area contributed by atoms with E-state index in [0.717, 1.165) is 30.5 Å². The number of amides is 1. The minimum absolute atomic E-state index is 0.0138. The summed E-state index contributed by atoms with van der Waals surface area (Å²) < 4.78 is 13.3. The van der Waals surface area contributed by atoms with Gasteiger partial charge in [0.05, 0.1) is 12.0 Å². The van der Waals surface area contributed by atoms with Gasteiger partial charge in [-0.1, -0.05) is 60.7 Å². The predicted molar refractivity (Wildman–Crippen MR) is 106 cm³/mol. The molecule has 1 aliphatic heterocycles. The maximum Gasteiger partial charge on any atom is 0.233 e. The number of anilines is 1. The smallest absolute Gasteiger partial charge is 0.233 e. The van der Waals surface area contributed by atoms with Crippen LogP contribution in [-0.2, 0) is 11.2 Å². The van der Waals surface area contributed by atoms with Crippen molar-refractivity contribution in [3.63, 3.8) is 0 Å². The molecule has 1 fully saturated rings. The Morgan fingerprint density at radius 1 is 0.815 bits per heavy atom. The van der Waals surface area contributed by atoms with Crippen molar-refractivity contribution in [2.75, 3.05) is 4.90 Å². The third-order valence-electron chi connectivity index (χ3n) is 5.28. The summed E-state index contributed by atoms with van der Waals surface area (Å²) in [5.74, 6) is -0.188. The number of aryl methyl sites for hydroxylation is 1. The molecule has 136 valence electrons. The minimum Gasteiger partial charge on any atom is -0.304 e. The fraction of sp³-hybridized carbons (Fsp3) is 0.208. The molecule has 0 spiro atoms. The van der Waals surface area contributed by atoms with Crippen molar-refractivity contribution >= 4 is 11.6 Å². The minimum atomic E-state index is -0.289. The molecule has 1 saturated heterocycles. The summed E-state index contributed by atoms with van der Waals surface area (Å²) in [6.45, 7) is 0. The van der Waals surface area contributed by atoms with E-state index in [-0.39, 0.29) is 23.7 Å². The van der Waals surface area contributed by atoms with E-state index in [1.54, 1.807) is 12.1 Å². The molecule has 2 unspecified atom stereocenters.